The highest BCUT2D eigenvalue weighted by atomic mass is 79.9. The van der Waals surface area contributed by atoms with E-state index in [1.54, 1.807) is 6.07 Å². The molecule has 0 spiro atoms. The molecular formula is C15H23BrFN. The van der Waals surface area contributed by atoms with E-state index in [0.717, 1.165) is 29.4 Å². The molecule has 3 heteroatoms. The summed E-state index contributed by atoms with van der Waals surface area (Å²) in [7, 11) is 0. The van der Waals surface area contributed by atoms with E-state index in [1.165, 1.54) is 6.07 Å². The summed E-state index contributed by atoms with van der Waals surface area (Å²) in [5.41, 5.74) is 1.22. The van der Waals surface area contributed by atoms with Gasteiger partial charge in [-0.25, -0.2) is 4.39 Å². The zero-order valence-electron chi connectivity index (χ0n) is 11.7. The molecule has 1 aromatic rings. The topological polar surface area (TPSA) is 12.0 Å². The summed E-state index contributed by atoms with van der Waals surface area (Å²) in [6.07, 6.45) is 1.99. The highest BCUT2D eigenvalue weighted by molar-refractivity contribution is 9.10. The largest absolute Gasteiger partial charge is 0.312 e. The molecule has 102 valence electrons. The molecule has 0 saturated heterocycles. The van der Waals surface area contributed by atoms with Crippen LogP contribution in [-0.2, 0) is 6.42 Å². The van der Waals surface area contributed by atoms with Gasteiger partial charge < -0.3 is 5.32 Å². The van der Waals surface area contributed by atoms with Gasteiger partial charge in [-0.05, 0) is 69.8 Å². The molecule has 1 N–H and O–H groups in total. The monoisotopic (exact) mass is 315 g/mol. The van der Waals surface area contributed by atoms with Crippen molar-refractivity contribution in [3.63, 3.8) is 0 Å². The molecule has 0 aliphatic heterocycles. The van der Waals surface area contributed by atoms with Crippen molar-refractivity contribution in [2.75, 3.05) is 6.54 Å². The standard InChI is InChI=1S/C15H23BrFN/c1-11(10-18-15(2,3)4)5-6-12-7-13(16)9-14(17)8-12/h7-9,11,18H,5-6,10H2,1-4H3. The molecule has 1 aromatic carbocycles. The molecule has 0 aromatic heterocycles. The molecule has 0 fully saturated rings. The van der Waals surface area contributed by atoms with E-state index in [0.29, 0.717) is 5.92 Å². The predicted octanol–water partition coefficient (Wildman–Crippen LogP) is 4.55. The van der Waals surface area contributed by atoms with Gasteiger partial charge in [0, 0.05) is 10.0 Å². The molecule has 0 saturated carbocycles. The molecule has 0 radical (unpaired) electrons. The second kappa shape index (κ2) is 6.67. The summed E-state index contributed by atoms with van der Waals surface area (Å²) in [4.78, 5) is 0. The van der Waals surface area contributed by atoms with Gasteiger partial charge in [0.05, 0.1) is 0 Å². The van der Waals surface area contributed by atoms with Crippen LogP contribution < -0.4 is 5.32 Å². The first-order chi connectivity index (χ1) is 8.26. The lowest BCUT2D eigenvalue weighted by molar-refractivity contribution is 0.372. The minimum Gasteiger partial charge on any atom is -0.312 e. The van der Waals surface area contributed by atoms with E-state index in [1.807, 2.05) is 6.07 Å². The molecule has 1 atom stereocenters. The first-order valence-electron chi connectivity index (χ1n) is 6.46. The van der Waals surface area contributed by atoms with Crippen LogP contribution in [0.15, 0.2) is 22.7 Å². The van der Waals surface area contributed by atoms with Crippen LogP contribution in [0.2, 0.25) is 0 Å². The molecule has 0 heterocycles. The number of hydrogen-bond acceptors (Lipinski definition) is 1. The number of aryl methyl sites for hydroxylation is 1. The Morgan fingerprint density at radius 1 is 1.28 bits per heavy atom. The van der Waals surface area contributed by atoms with Crippen LogP contribution in [-0.4, -0.2) is 12.1 Å². The van der Waals surface area contributed by atoms with Crippen LogP contribution in [0.4, 0.5) is 4.39 Å². The fraction of sp³-hybridized carbons (Fsp3) is 0.600. The molecule has 0 bridgehead atoms. The maximum atomic E-state index is 13.2. The zero-order chi connectivity index (χ0) is 13.8. The lowest BCUT2D eigenvalue weighted by atomic mass is 9.99. The van der Waals surface area contributed by atoms with E-state index in [9.17, 15) is 4.39 Å². The molecule has 0 aliphatic rings. The summed E-state index contributed by atoms with van der Waals surface area (Å²) in [6.45, 7) is 9.74. The van der Waals surface area contributed by atoms with Gasteiger partial charge in [-0.15, -0.1) is 0 Å². The van der Waals surface area contributed by atoms with Crippen molar-refractivity contribution in [2.24, 2.45) is 5.92 Å². The van der Waals surface area contributed by atoms with Gasteiger partial charge in [0.1, 0.15) is 5.82 Å². The van der Waals surface area contributed by atoms with Crippen LogP contribution in [0.1, 0.15) is 39.7 Å². The van der Waals surface area contributed by atoms with Gasteiger partial charge in [-0.3, -0.25) is 0 Å². The third kappa shape index (κ3) is 6.50. The Balaban J connectivity index is 2.40. The average molecular weight is 316 g/mol. The van der Waals surface area contributed by atoms with Crippen molar-refractivity contribution in [1.82, 2.24) is 5.32 Å². The quantitative estimate of drug-likeness (QED) is 0.840. The van der Waals surface area contributed by atoms with Crippen molar-refractivity contribution in [1.29, 1.82) is 0 Å². The minimum atomic E-state index is -0.167. The number of nitrogens with one attached hydrogen (secondary N) is 1. The number of hydrogen-bond donors (Lipinski definition) is 1. The first-order valence-corrected chi connectivity index (χ1v) is 7.25. The van der Waals surface area contributed by atoms with E-state index in [4.69, 9.17) is 0 Å². The Morgan fingerprint density at radius 2 is 1.94 bits per heavy atom. The Morgan fingerprint density at radius 3 is 2.50 bits per heavy atom. The summed E-state index contributed by atoms with van der Waals surface area (Å²) < 4.78 is 14.0. The zero-order valence-corrected chi connectivity index (χ0v) is 13.3. The third-order valence-electron chi connectivity index (χ3n) is 2.83. The van der Waals surface area contributed by atoms with Crippen molar-refractivity contribution in [2.45, 2.75) is 46.1 Å². The minimum absolute atomic E-state index is 0.163. The van der Waals surface area contributed by atoms with Gasteiger partial charge >= 0.3 is 0 Å². The van der Waals surface area contributed by atoms with Gasteiger partial charge in [0.25, 0.3) is 0 Å². The van der Waals surface area contributed by atoms with Crippen LogP contribution in [0.25, 0.3) is 0 Å². The van der Waals surface area contributed by atoms with Gasteiger partial charge in [-0.1, -0.05) is 22.9 Å². The van der Waals surface area contributed by atoms with Crippen LogP contribution in [0.5, 0.6) is 0 Å². The van der Waals surface area contributed by atoms with E-state index < -0.39 is 0 Å². The fourth-order valence-electron chi connectivity index (χ4n) is 1.75. The summed E-state index contributed by atoms with van der Waals surface area (Å²) in [5, 5.41) is 3.50. The van der Waals surface area contributed by atoms with Crippen molar-refractivity contribution < 1.29 is 4.39 Å². The number of halogens is 2. The summed E-state index contributed by atoms with van der Waals surface area (Å²) in [6, 6.07) is 5.11. The maximum Gasteiger partial charge on any atom is 0.124 e. The lowest BCUT2D eigenvalue weighted by Gasteiger charge is -2.23. The normalized spacial score (nSPS) is 13.7. The van der Waals surface area contributed by atoms with Crippen LogP contribution in [0.3, 0.4) is 0 Å². The Labute approximate surface area is 118 Å². The third-order valence-corrected chi connectivity index (χ3v) is 3.29. The van der Waals surface area contributed by atoms with Crippen molar-refractivity contribution in [3.8, 4) is 0 Å². The van der Waals surface area contributed by atoms with E-state index in [2.05, 4.69) is 48.9 Å². The summed E-state index contributed by atoms with van der Waals surface area (Å²) >= 11 is 3.32. The van der Waals surface area contributed by atoms with Crippen molar-refractivity contribution in [3.05, 3.63) is 34.1 Å². The number of rotatable bonds is 5. The van der Waals surface area contributed by atoms with E-state index in [-0.39, 0.29) is 11.4 Å². The Hall–Kier alpha value is -0.410. The highest BCUT2D eigenvalue weighted by Crippen LogP contribution is 2.17. The second-order valence-electron chi connectivity index (χ2n) is 6.05. The molecule has 0 aliphatic carbocycles. The second-order valence-corrected chi connectivity index (χ2v) is 6.97. The van der Waals surface area contributed by atoms with Crippen molar-refractivity contribution >= 4 is 15.9 Å². The molecule has 0 amide bonds. The molecule has 1 nitrogen and oxygen atoms in total. The lowest BCUT2D eigenvalue weighted by Crippen LogP contribution is -2.38. The first kappa shape index (κ1) is 15.6. The maximum absolute atomic E-state index is 13.2. The fourth-order valence-corrected chi connectivity index (χ4v) is 2.26. The van der Waals surface area contributed by atoms with E-state index >= 15 is 0 Å². The SMILES string of the molecule is CC(CCc1cc(F)cc(Br)c1)CNC(C)(C)C. The van der Waals surface area contributed by atoms with Crippen LogP contribution in [0, 0.1) is 11.7 Å². The van der Waals surface area contributed by atoms with Gasteiger partial charge in [0.2, 0.25) is 0 Å². The summed E-state index contributed by atoms with van der Waals surface area (Å²) in [5.74, 6) is 0.422. The molecular weight excluding hydrogens is 293 g/mol. The predicted molar refractivity (Wildman–Crippen MR) is 79.3 cm³/mol. The molecule has 1 unspecified atom stereocenters. The van der Waals surface area contributed by atoms with Gasteiger partial charge in [-0.2, -0.15) is 0 Å². The Bertz CT molecular complexity index is 364. The van der Waals surface area contributed by atoms with Gasteiger partial charge in [0.15, 0.2) is 0 Å². The van der Waals surface area contributed by atoms with Crippen LogP contribution >= 0.6 is 15.9 Å². The number of benzene rings is 1. The highest BCUT2D eigenvalue weighted by Gasteiger charge is 2.11. The molecule has 1 rings (SSSR count). The molecule has 18 heavy (non-hydrogen) atoms. The smallest absolute Gasteiger partial charge is 0.124 e. The average Bonchev–Trinajstić information content (AvgIpc) is 2.21. The Kier molecular flexibility index (Phi) is 5.80.